The maximum absolute atomic E-state index is 12.0. The van der Waals surface area contributed by atoms with E-state index < -0.39 is 0 Å². The number of benzene rings is 1. The van der Waals surface area contributed by atoms with E-state index in [1.807, 2.05) is 27.1 Å². The van der Waals surface area contributed by atoms with Gasteiger partial charge in [0, 0.05) is 25.8 Å². The molecule has 0 aliphatic rings. The van der Waals surface area contributed by atoms with Crippen molar-refractivity contribution in [1.29, 1.82) is 0 Å². The number of hydrogen-bond donors (Lipinski definition) is 0. The molecule has 0 aliphatic carbocycles. The van der Waals surface area contributed by atoms with Crippen LogP contribution in [0.3, 0.4) is 0 Å². The normalized spacial score (nSPS) is 11.7. The number of quaternary nitrogens is 1. The zero-order valence-corrected chi connectivity index (χ0v) is 13.9. The van der Waals surface area contributed by atoms with Crippen molar-refractivity contribution in [3.8, 4) is 5.75 Å². The predicted octanol–water partition coefficient (Wildman–Crippen LogP) is 3.39. The third kappa shape index (κ3) is 3.73. The van der Waals surface area contributed by atoms with E-state index in [0.29, 0.717) is 11.7 Å². The highest BCUT2D eigenvalue weighted by Crippen LogP contribution is 2.33. The van der Waals surface area contributed by atoms with Gasteiger partial charge in [-0.25, -0.2) is 4.48 Å². The largest absolute Gasteiger partial charge is 0.520 e. The Hall–Kier alpha value is -1.55. The van der Waals surface area contributed by atoms with E-state index in [1.54, 1.807) is 21.1 Å². The van der Waals surface area contributed by atoms with Gasteiger partial charge in [0.2, 0.25) is 0 Å². The van der Waals surface area contributed by atoms with Gasteiger partial charge in [-0.1, -0.05) is 19.9 Å². The van der Waals surface area contributed by atoms with Crippen LogP contribution >= 0.6 is 0 Å². The lowest BCUT2D eigenvalue weighted by Crippen LogP contribution is -2.43. The van der Waals surface area contributed by atoms with Crippen LogP contribution in [0.25, 0.3) is 0 Å². The Morgan fingerprint density at radius 3 is 2.15 bits per heavy atom. The van der Waals surface area contributed by atoms with Gasteiger partial charge in [-0.15, -0.1) is 0 Å². The third-order valence-electron chi connectivity index (χ3n) is 3.17. The van der Waals surface area contributed by atoms with E-state index in [1.165, 1.54) is 5.56 Å². The quantitative estimate of drug-likeness (QED) is 0.794. The topological polar surface area (TPSA) is 29.5 Å². The Morgan fingerprint density at radius 1 is 1.20 bits per heavy atom. The number of hydrogen-bond acceptors (Lipinski definition) is 3. The second kappa shape index (κ2) is 5.83. The highest BCUT2D eigenvalue weighted by atomic mass is 16.6. The summed E-state index contributed by atoms with van der Waals surface area (Å²) >= 11 is 0. The van der Waals surface area contributed by atoms with E-state index in [2.05, 4.69) is 24.8 Å². The molecule has 0 aromatic heterocycles. The van der Waals surface area contributed by atoms with Crippen molar-refractivity contribution >= 4 is 11.8 Å². The molecule has 0 spiro atoms. The van der Waals surface area contributed by atoms with Gasteiger partial charge in [0.05, 0.1) is 21.1 Å². The zero-order chi connectivity index (χ0) is 15.7. The number of aryl methyl sites for hydroxylation is 1. The fraction of sp³-hybridized carbons (Fsp3) is 0.562. The minimum absolute atomic E-state index is 0.142. The summed E-state index contributed by atoms with van der Waals surface area (Å²) in [4.78, 5) is 14.1. The molecule has 0 unspecified atom stereocenters. The molecule has 4 nitrogen and oxygen atoms in total. The molecule has 0 atom stereocenters. The lowest BCUT2D eigenvalue weighted by Gasteiger charge is -2.24. The molecule has 0 radical (unpaired) electrons. The average molecular weight is 279 g/mol. The van der Waals surface area contributed by atoms with Gasteiger partial charge < -0.3 is 9.64 Å². The summed E-state index contributed by atoms with van der Waals surface area (Å²) < 4.78 is 5.68. The molecular formula is C16H27N2O2+. The summed E-state index contributed by atoms with van der Waals surface area (Å²) in [5, 5.41) is 0. The van der Waals surface area contributed by atoms with Crippen LogP contribution in [-0.2, 0) is 0 Å². The maximum Gasteiger partial charge on any atom is 0.520 e. The number of ether oxygens (including phenoxy) is 1. The van der Waals surface area contributed by atoms with E-state index in [9.17, 15) is 4.79 Å². The van der Waals surface area contributed by atoms with E-state index >= 15 is 0 Å². The highest BCUT2D eigenvalue weighted by molar-refractivity contribution is 5.67. The summed E-state index contributed by atoms with van der Waals surface area (Å²) in [6, 6.07) is 4.07. The van der Waals surface area contributed by atoms with Crippen LogP contribution in [0, 0.1) is 6.92 Å². The number of nitrogens with zero attached hydrogens (tertiary/aromatic N) is 2. The summed E-state index contributed by atoms with van der Waals surface area (Å²) in [6.07, 6.45) is -0.268. The monoisotopic (exact) mass is 279 g/mol. The van der Waals surface area contributed by atoms with Crippen LogP contribution in [0.2, 0.25) is 0 Å². The maximum atomic E-state index is 12.0. The van der Waals surface area contributed by atoms with Crippen LogP contribution in [-0.4, -0.2) is 45.8 Å². The molecule has 0 heterocycles. The minimum Gasteiger partial charge on any atom is -0.380 e. The molecule has 1 aromatic rings. The molecule has 4 heteroatoms. The summed E-state index contributed by atoms with van der Waals surface area (Å²) in [5.41, 5.74) is 3.34. The molecular weight excluding hydrogens is 252 g/mol. The standard InChI is InChI=1S/C16H27N2O2/c1-11(2)13-9-12(3)15(10-14(13)17(4)5)20-16(19)18(6,7)8/h9-11H,1-8H3/q+1. The van der Waals surface area contributed by atoms with Gasteiger partial charge in [-0.2, -0.15) is 4.79 Å². The van der Waals surface area contributed by atoms with Crippen molar-refractivity contribution in [2.75, 3.05) is 40.1 Å². The molecule has 0 saturated heterocycles. The van der Waals surface area contributed by atoms with Crippen molar-refractivity contribution in [3.63, 3.8) is 0 Å². The number of amides is 1. The van der Waals surface area contributed by atoms with E-state index in [-0.39, 0.29) is 10.6 Å². The minimum atomic E-state index is -0.268. The van der Waals surface area contributed by atoms with Crippen LogP contribution in [0.15, 0.2) is 12.1 Å². The molecule has 0 saturated carbocycles. The first kappa shape index (κ1) is 16.5. The van der Waals surface area contributed by atoms with Crippen molar-refractivity contribution < 1.29 is 14.0 Å². The Labute approximate surface area is 122 Å². The third-order valence-corrected chi connectivity index (χ3v) is 3.17. The second-order valence-corrected chi connectivity index (χ2v) is 6.61. The summed E-state index contributed by atoms with van der Waals surface area (Å²) in [7, 11) is 9.40. The van der Waals surface area contributed by atoms with Gasteiger partial charge in [-0.05, 0) is 24.0 Å². The second-order valence-electron chi connectivity index (χ2n) is 6.61. The summed E-state index contributed by atoms with van der Waals surface area (Å²) in [5.74, 6) is 1.06. The van der Waals surface area contributed by atoms with Gasteiger partial charge in [-0.3, -0.25) is 0 Å². The fourth-order valence-electron chi connectivity index (χ4n) is 1.89. The average Bonchev–Trinajstić information content (AvgIpc) is 2.29. The summed E-state index contributed by atoms with van der Waals surface area (Å²) in [6.45, 7) is 6.31. The first-order chi connectivity index (χ1) is 9.04. The zero-order valence-electron chi connectivity index (χ0n) is 13.9. The highest BCUT2D eigenvalue weighted by Gasteiger charge is 2.25. The van der Waals surface area contributed by atoms with Crippen LogP contribution < -0.4 is 9.64 Å². The Kier molecular flexibility index (Phi) is 4.81. The Balaban J connectivity index is 3.23. The number of rotatable bonds is 3. The van der Waals surface area contributed by atoms with Crippen LogP contribution in [0.4, 0.5) is 10.5 Å². The van der Waals surface area contributed by atoms with Gasteiger partial charge >= 0.3 is 6.09 Å². The van der Waals surface area contributed by atoms with Crippen molar-refractivity contribution in [2.24, 2.45) is 0 Å². The van der Waals surface area contributed by atoms with Crippen molar-refractivity contribution in [3.05, 3.63) is 23.3 Å². The lowest BCUT2D eigenvalue weighted by molar-refractivity contribution is -0.793. The molecule has 0 aliphatic heterocycles. The van der Waals surface area contributed by atoms with Gasteiger partial charge in [0.25, 0.3) is 0 Å². The lowest BCUT2D eigenvalue weighted by atomic mass is 9.98. The molecule has 20 heavy (non-hydrogen) atoms. The van der Waals surface area contributed by atoms with Crippen LogP contribution in [0.5, 0.6) is 5.75 Å². The van der Waals surface area contributed by atoms with Crippen molar-refractivity contribution in [1.82, 2.24) is 0 Å². The molecule has 0 N–H and O–H groups in total. The van der Waals surface area contributed by atoms with E-state index in [4.69, 9.17) is 4.74 Å². The molecule has 112 valence electrons. The smallest absolute Gasteiger partial charge is 0.380 e. The van der Waals surface area contributed by atoms with E-state index in [0.717, 1.165) is 11.3 Å². The molecule has 1 aromatic carbocycles. The Bertz CT molecular complexity index is 500. The Morgan fingerprint density at radius 2 is 1.75 bits per heavy atom. The number of carbonyl (C=O) groups excluding carboxylic acids is 1. The number of carbonyl (C=O) groups is 1. The molecule has 0 bridgehead atoms. The van der Waals surface area contributed by atoms with Crippen LogP contribution in [0.1, 0.15) is 30.9 Å². The SMILES string of the molecule is Cc1cc(C(C)C)c(N(C)C)cc1OC(=O)[N+](C)(C)C. The first-order valence-corrected chi connectivity index (χ1v) is 6.89. The first-order valence-electron chi connectivity index (χ1n) is 6.89. The van der Waals surface area contributed by atoms with Gasteiger partial charge in [0.15, 0.2) is 0 Å². The molecule has 0 fully saturated rings. The van der Waals surface area contributed by atoms with Crippen molar-refractivity contribution in [2.45, 2.75) is 26.7 Å². The molecule has 1 rings (SSSR count). The predicted molar refractivity (Wildman–Crippen MR) is 83.7 cm³/mol. The fourth-order valence-corrected chi connectivity index (χ4v) is 1.89. The van der Waals surface area contributed by atoms with Gasteiger partial charge in [0.1, 0.15) is 5.75 Å². The number of anilines is 1. The molecule has 1 amide bonds.